The molecule has 0 saturated heterocycles. The van der Waals surface area contributed by atoms with Crippen molar-refractivity contribution in [1.82, 2.24) is 4.98 Å². The molecule has 0 fully saturated rings. The Hall–Kier alpha value is -7.20. The molecule has 57 heavy (non-hydrogen) atoms. The zero-order valence-corrected chi connectivity index (χ0v) is 31.9. The van der Waals surface area contributed by atoms with Gasteiger partial charge >= 0.3 is 0 Å². The first kappa shape index (κ1) is 33.2. The van der Waals surface area contributed by atoms with Gasteiger partial charge in [-0.15, -0.1) is 11.3 Å². The van der Waals surface area contributed by atoms with E-state index in [1.807, 2.05) is 11.3 Å². The van der Waals surface area contributed by atoms with Crippen LogP contribution in [0.5, 0.6) is 0 Å². The van der Waals surface area contributed by atoms with Crippen LogP contribution in [0.25, 0.3) is 86.5 Å². The summed E-state index contributed by atoms with van der Waals surface area (Å²) in [5.74, 6) is 0. The number of anilines is 3. The molecule has 0 aliphatic rings. The number of hydrogen-bond acceptors (Lipinski definition) is 2. The van der Waals surface area contributed by atoms with Crippen molar-refractivity contribution in [2.45, 2.75) is 0 Å². The van der Waals surface area contributed by atoms with Gasteiger partial charge in [-0.3, -0.25) is 0 Å². The maximum absolute atomic E-state index is 3.90. The van der Waals surface area contributed by atoms with Crippen molar-refractivity contribution in [3.63, 3.8) is 0 Å². The number of fused-ring (bicyclic) bond motifs is 6. The van der Waals surface area contributed by atoms with Gasteiger partial charge in [0.05, 0.1) is 22.6 Å². The Bertz CT molecular complexity index is 3230. The molecule has 11 aromatic rings. The summed E-state index contributed by atoms with van der Waals surface area (Å²) in [6, 6.07) is 77.3. The molecule has 2 heterocycles. The van der Waals surface area contributed by atoms with Crippen LogP contribution in [0.2, 0.25) is 0 Å². The van der Waals surface area contributed by atoms with Crippen molar-refractivity contribution in [3.05, 3.63) is 212 Å². The summed E-state index contributed by atoms with van der Waals surface area (Å²) in [5.41, 5.74) is 14.9. The number of para-hydroxylation sites is 3. The highest BCUT2D eigenvalue weighted by Gasteiger charge is 2.29. The Morgan fingerprint density at radius 2 is 0.877 bits per heavy atom. The number of hydrogen-bond donors (Lipinski definition) is 1. The van der Waals surface area contributed by atoms with Crippen LogP contribution in [0.1, 0.15) is 0 Å². The molecule has 9 aromatic carbocycles. The largest absolute Gasteiger partial charge is 0.354 e. The second-order valence-corrected chi connectivity index (χ2v) is 15.6. The fraction of sp³-hybridized carbons (Fsp3) is 0. The van der Waals surface area contributed by atoms with Gasteiger partial charge in [0, 0.05) is 58.7 Å². The van der Waals surface area contributed by atoms with E-state index in [9.17, 15) is 0 Å². The van der Waals surface area contributed by atoms with Crippen LogP contribution >= 0.6 is 11.3 Å². The molecule has 0 spiro atoms. The third kappa shape index (κ3) is 5.55. The highest BCUT2D eigenvalue weighted by atomic mass is 32.1. The van der Waals surface area contributed by atoms with E-state index in [1.54, 1.807) is 0 Å². The summed E-state index contributed by atoms with van der Waals surface area (Å²) >= 11 is 1.86. The van der Waals surface area contributed by atoms with Crippen molar-refractivity contribution >= 4 is 70.4 Å². The molecule has 1 N–H and O–H groups in total. The summed E-state index contributed by atoms with van der Waals surface area (Å²) in [5, 5.41) is 4.94. The standard InChI is InChI=1S/C54H36N2S/c1-4-18-36(19-5-1)39-24-11-14-30-47(39)56(48-31-17-33-50-52(48)44-26-12-15-32-49(44)57-50)54-41(38-22-8-3-9-23-38)35-34-40(37-20-6-2-7-21-37)51(54)45-28-16-27-43-42-25-10-13-29-46(42)55-53(43)45/h1-35,55H. The Morgan fingerprint density at radius 3 is 1.65 bits per heavy atom. The van der Waals surface area contributed by atoms with Crippen molar-refractivity contribution in [3.8, 4) is 44.5 Å². The predicted molar refractivity (Wildman–Crippen MR) is 245 cm³/mol. The molecule has 0 aliphatic heterocycles. The Balaban J connectivity index is 1.37. The van der Waals surface area contributed by atoms with Gasteiger partial charge in [-0.1, -0.05) is 182 Å². The first-order valence-corrected chi connectivity index (χ1v) is 20.3. The topological polar surface area (TPSA) is 19.0 Å². The van der Waals surface area contributed by atoms with E-state index in [4.69, 9.17) is 0 Å². The van der Waals surface area contributed by atoms with E-state index in [0.29, 0.717) is 0 Å². The van der Waals surface area contributed by atoms with E-state index in [1.165, 1.54) is 47.6 Å². The normalized spacial score (nSPS) is 11.5. The molecule has 3 heteroatoms. The summed E-state index contributed by atoms with van der Waals surface area (Å²) in [7, 11) is 0. The van der Waals surface area contributed by atoms with Crippen molar-refractivity contribution in [2.75, 3.05) is 4.90 Å². The molecular formula is C54H36N2S. The molecular weight excluding hydrogens is 709 g/mol. The molecule has 0 saturated carbocycles. The van der Waals surface area contributed by atoms with Gasteiger partial charge in [-0.25, -0.2) is 0 Å². The van der Waals surface area contributed by atoms with Crippen molar-refractivity contribution in [2.24, 2.45) is 0 Å². The highest BCUT2D eigenvalue weighted by molar-refractivity contribution is 7.26. The lowest BCUT2D eigenvalue weighted by Gasteiger charge is -2.34. The van der Waals surface area contributed by atoms with Gasteiger partial charge in [-0.05, 0) is 52.6 Å². The third-order valence-corrected chi connectivity index (χ3v) is 12.4. The third-order valence-electron chi connectivity index (χ3n) is 11.2. The van der Waals surface area contributed by atoms with Crippen LogP contribution in [0.15, 0.2) is 212 Å². The van der Waals surface area contributed by atoms with Gasteiger partial charge in [0.15, 0.2) is 0 Å². The smallest absolute Gasteiger partial charge is 0.0625 e. The number of nitrogens with one attached hydrogen (secondary N) is 1. The zero-order chi connectivity index (χ0) is 37.7. The van der Waals surface area contributed by atoms with E-state index in [-0.39, 0.29) is 0 Å². The van der Waals surface area contributed by atoms with E-state index < -0.39 is 0 Å². The second kappa shape index (κ2) is 13.8. The average molecular weight is 745 g/mol. The first-order chi connectivity index (χ1) is 28.3. The lowest BCUT2D eigenvalue weighted by molar-refractivity contribution is 1.30. The van der Waals surface area contributed by atoms with Gasteiger partial charge < -0.3 is 9.88 Å². The molecule has 0 radical (unpaired) electrons. The number of H-pyrrole nitrogens is 1. The summed E-state index contributed by atoms with van der Waals surface area (Å²) in [6.07, 6.45) is 0. The number of thiophene rings is 1. The van der Waals surface area contributed by atoms with Crippen LogP contribution in [-0.2, 0) is 0 Å². The monoisotopic (exact) mass is 744 g/mol. The second-order valence-electron chi connectivity index (χ2n) is 14.5. The quantitative estimate of drug-likeness (QED) is 0.172. The van der Waals surface area contributed by atoms with E-state index in [2.05, 4.69) is 222 Å². The average Bonchev–Trinajstić information content (AvgIpc) is 3.87. The lowest BCUT2D eigenvalue weighted by Crippen LogP contribution is -2.15. The maximum atomic E-state index is 3.90. The Kier molecular flexibility index (Phi) is 8.04. The molecule has 0 atom stereocenters. The van der Waals surface area contributed by atoms with Crippen LogP contribution < -0.4 is 4.90 Å². The minimum atomic E-state index is 1.11. The van der Waals surface area contributed by atoms with Gasteiger partial charge in [0.1, 0.15) is 0 Å². The predicted octanol–water partition coefficient (Wildman–Crippen LogP) is 15.8. The molecule has 0 aliphatic carbocycles. The van der Waals surface area contributed by atoms with Gasteiger partial charge in [0.2, 0.25) is 0 Å². The fourth-order valence-electron chi connectivity index (χ4n) is 8.73. The minimum Gasteiger partial charge on any atom is -0.354 e. The number of nitrogens with zero attached hydrogens (tertiary/aromatic N) is 1. The Labute approximate surface area is 335 Å². The summed E-state index contributed by atoms with van der Waals surface area (Å²) in [4.78, 5) is 6.48. The van der Waals surface area contributed by atoms with E-state index in [0.717, 1.165) is 55.9 Å². The number of benzene rings is 9. The zero-order valence-electron chi connectivity index (χ0n) is 31.1. The van der Waals surface area contributed by atoms with Crippen LogP contribution in [0.3, 0.4) is 0 Å². The summed E-state index contributed by atoms with van der Waals surface area (Å²) in [6.45, 7) is 0. The molecule has 268 valence electrons. The fourth-order valence-corrected chi connectivity index (χ4v) is 9.86. The maximum Gasteiger partial charge on any atom is 0.0625 e. The van der Waals surface area contributed by atoms with Crippen LogP contribution in [-0.4, -0.2) is 4.98 Å². The van der Waals surface area contributed by atoms with Gasteiger partial charge in [0.25, 0.3) is 0 Å². The minimum absolute atomic E-state index is 1.11. The molecule has 0 bridgehead atoms. The number of rotatable bonds is 7. The van der Waals surface area contributed by atoms with Crippen LogP contribution in [0.4, 0.5) is 17.1 Å². The lowest BCUT2D eigenvalue weighted by atomic mass is 9.86. The number of aromatic amines is 1. The Morgan fingerprint density at radius 1 is 0.351 bits per heavy atom. The molecule has 2 nitrogen and oxygen atoms in total. The molecule has 11 rings (SSSR count). The van der Waals surface area contributed by atoms with Crippen molar-refractivity contribution < 1.29 is 0 Å². The van der Waals surface area contributed by atoms with Crippen molar-refractivity contribution in [1.29, 1.82) is 0 Å². The van der Waals surface area contributed by atoms with E-state index >= 15 is 0 Å². The van der Waals surface area contributed by atoms with Crippen LogP contribution in [0, 0.1) is 0 Å². The number of aromatic nitrogens is 1. The molecule has 0 amide bonds. The molecule has 0 unspecified atom stereocenters. The summed E-state index contributed by atoms with van der Waals surface area (Å²) < 4.78 is 2.54. The van der Waals surface area contributed by atoms with Gasteiger partial charge in [-0.2, -0.15) is 0 Å². The first-order valence-electron chi connectivity index (χ1n) is 19.4. The highest BCUT2D eigenvalue weighted by Crippen LogP contribution is 2.55. The SMILES string of the molecule is c1ccc(-c2ccccc2N(c2c(-c3ccccc3)ccc(-c3ccccc3)c2-c2cccc3c2[nH]c2ccccc23)c2cccc3sc4ccccc4c23)cc1. The molecule has 2 aromatic heterocycles.